The second kappa shape index (κ2) is 7.74. The average Bonchev–Trinajstić information content (AvgIpc) is 2.34. The molecule has 3 atom stereocenters. The van der Waals surface area contributed by atoms with E-state index in [2.05, 4.69) is 85.4 Å². The fourth-order valence-corrected chi connectivity index (χ4v) is 6.65. The van der Waals surface area contributed by atoms with Crippen LogP contribution in [0.1, 0.15) is 33.6 Å². The zero-order valence-corrected chi connectivity index (χ0v) is 21.1. The summed E-state index contributed by atoms with van der Waals surface area (Å²) in [7, 11) is -3.25. The molecule has 0 aromatic rings. The largest absolute Gasteiger partial charge is 0.414 e. The molecule has 0 saturated heterocycles. The Morgan fingerprint density at radius 3 is 2.13 bits per heavy atom. The van der Waals surface area contributed by atoms with Crippen LogP contribution in [-0.2, 0) is 4.43 Å². The van der Waals surface area contributed by atoms with Gasteiger partial charge in [-0.25, -0.2) is 0 Å². The van der Waals surface area contributed by atoms with Crippen LogP contribution in [0.5, 0.6) is 0 Å². The van der Waals surface area contributed by atoms with Crippen LogP contribution in [0.4, 0.5) is 0 Å². The molecule has 136 valence electrons. The molecule has 0 aromatic carbocycles. The van der Waals surface area contributed by atoms with Crippen molar-refractivity contribution in [3.8, 4) is 0 Å². The minimum Gasteiger partial charge on any atom is -0.414 e. The number of alkyl halides is 1. The molecule has 6 heteroatoms. The van der Waals surface area contributed by atoms with Crippen LogP contribution in [0.25, 0.3) is 0 Å². The number of aliphatic hydroxyl groups is 1. The first kappa shape index (κ1) is 22.1. The second-order valence-corrected chi connectivity index (χ2v) is 21.3. The van der Waals surface area contributed by atoms with E-state index in [9.17, 15) is 5.11 Å². The topological polar surface area (TPSA) is 29.5 Å². The molecule has 2 nitrogen and oxygen atoms in total. The quantitative estimate of drug-likeness (QED) is 0.386. The third-order valence-corrected chi connectivity index (χ3v) is 16.2. The molecule has 0 radical (unpaired) electrons. The molecule has 0 unspecified atom stereocenters. The molecule has 1 rings (SSSR count). The Kier molecular flexibility index (Phi) is 7.44. The van der Waals surface area contributed by atoms with Gasteiger partial charge in [0.05, 0.1) is 20.3 Å². The summed E-state index contributed by atoms with van der Waals surface area (Å²) in [6.07, 6.45) is 1.51. The Balaban J connectivity index is 3.10. The van der Waals surface area contributed by atoms with Crippen molar-refractivity contribution in [3.05, 3.63) is 9.68 Å². The van der Waals surface area contributed by atoms with E-state index < -0.39 is 16.4 Å². The zero-order chi connectivity index (χ0) is 18.2. The molecule has 1 saturated carbocycles. The Morgan fingerprint density at radius 1 is 1.22 bits per heavy atom. The minimum atomic E-state index is -1.81. The second-order valence-electron chi connectivity index (χ2n) is 9.36. The molecule has 1 aliphatic rings. The maximum Gasteiger partial charge on any atom is 0.192 e. The van der Waals surface area contributed by atoms with E-state index in [0.29, 0.717) is 0 Å². The lowest BCUT2D eigenvalue weighted by Crippen LogP contribution is -2.47. The van der Waals surface area contributed by atoms with Crippen molar-refractivity contribution in [2.45, 2.75) is 83.6 Å². The molecule has 0 bridgehead atoms. The van der Waals surface area contributed by atoms with Gasteiger partial charge in [0.1, 0.15) is 0 Å². The Bertz CT molecular complexity index is 450. The van der Waals surface area contributed by atoms with Crippen LogP contribution in [-0.4, -0.2) is 39.0 Å². The standard InChI is InChI=1S/C17H34Br2O2Si2/c1-17(2,3)23(7,8)21-12-9-13(16(19)22(4,5)6)14(11-18)15(20)10-12/h12,14-15,20H,9-11H2,1-8H3/b16-13+/t12-,14+,15+/m1/s1. The summed E-state index contributed by atoms with van der Waals surface area (Å²) in [5, 5.41) is 11.7. The minimum absolute atomic E-state index is 0.139. The molecule has 1 N–H and O–H groups in total. The molecular formula is C17H34Br2O2Si2. The molecule has 23 heavy (non-hydrogen) atoms. The first-order valence-corrected chi connectivity index (χ1v) is 16.8. The van der Waals surface area contributed by atoms with Crippen molar-refractivity contribution >= 4 is 48.3 Å². The number of rotatable bonds is 4. The highest BCUT2D eigenvalue weighted by Crippen LogP contribution is 2.43. The smallest absolute Gasteiger partial charge is 0.192 e. The van der Waals surface area contributed by atoms with Crippen LogP contribution in [0.15, 0.2) is 9.68 Å². The molecule has 1 fully saturated rings. The summed E-state index contributed by atoms with van der Waals surface area (Å²) >= 11 is 7.49. The van der Waals surface area contributed by atoms with Crippen LogP contribution in [0.2, 0.25) is 37.8 Å². The van der Waals surface area contributed by atoms with Gasteiger partial charge in [-0.2, -0.15) is 0 Å². The Morgan fingerprint density at radius 2 is 1.74 bits per heavy atom. The van der Waals surface area contributed by atoms with E-state index in [0.717, 1.165) is 18.2 Å². The number of hydrogen-bond acceptors (Lipinski definition) is 2. The van der Waals surface area contributed by atoms with E-state index >= 15 is 0 Å². The highest BCUT2D eigenvalue weighted by molar-refractivity contribution is 9.12. The summed E-state index contributed by atoms with van der Waals surface area (Å²) < 4.78 is 7.98. The zero-order valence-electron chi connectivity index (χ0n) is 16.0. The van der Waals surface area contributed by atoms with Gasteiger partial charge in [0.2, 0.25) is 0 Å². The number of aliphatic hydroxyl groups excluding tert-OH is 1. The van der Waals surface area contributed by atoms with E-state index in [-0.39, 0.29) is 23.2 Å². The van der Waals surface area contributed by atoms with Gasteiger partial charge >= 0.3 is 0 Å². The lowest BCUT2D eigenvalue weighted by Gasteiger charge is -2.44. The number of halogens is 2. The molecule has 1 aliphatic carbocycles. The van der Waals surface area contributed by atoms with E-state index in [1.165, 1.54) is 9.68 Å². The highest BCUT2D eigenvalue weighted by Gasteiger charge is 2.43. The Labute approximate surface area is 161 Å². The van der Waals surface area contributed by atoms with Crippen LogP contribution in [0.3, 0.4) is 0 Å². The van der Waals surface area contributed by atoms with Gasteiger partial charge in [0.25, 0.3) is 0 Å². The van der Waals surface area contributed by atoms with Gasteiger partial charge in [-0.3, -0.25) is 0 Å². The van der Waals surface area contributed by atoms with E-state index in [4.69, 9.17) is 4.43 Å². The van der Waals surface area contributed by atoms with Gasteiger partial charge < -0.3 is 9.53 Å². The van der Waals surface area contributed by atoms with Crippen molar-refractivity contribution in [1.29, 1.82) is 0 Å². The van der Waals surface area contributed by atoms with E-state index in [1.807, 2.05) is 0 Å². The molecule has 0 heterocycles. The van der Waals surface area contributed by atoms with Crippen LogP contribution in [0, 0.1) is 5.92 Å². The van der Waals surface area contributed by atoms with Gasteiger partial charge in [0.15, 0.2) is 8.32 Å². The lowest BCUT2D eigenvalue weighted by atomic mass is 9.82. The van der Waals surface area contributed by atoms with Crippen molar-refractivity contribution in [1.82, 2.24) is 0 Å². The van der Waals surface area contributed by atoms with Crippen molar-refractivity contribution < 1.29 is 9.53 Å². The highest BCUT2D eigenvalue weighted by atomic mass is 79.9. The summed E-state index contributed by atoms with van der Waals surface area (Å²) in [5.74, 6) is 0.204. The van der Waals surface area contributed by atoms with Crippen LogP contribution >= 0.6 is 31.9 Å². The fourth-order valence-electron chi connectivity index (χ4n) is 2.76. The maximum atomic E-state index is 10.7. The van der Waals surface area contributed by atoms with Crippen LogP contribution < -0.4 is 0 Å². The molecule has 0 amide bonds. The van der Waals surface area contributed by atoms with Gasteiger partial charge in [-0.05, 0) is 35.1 Å². The van der Waals surface area contributed by atoms with Crippen molar-refractivity contribution in [2.24, 2.45) is 5.92 Å². The summed E-state index contributed by atoms with van der Waals surface area (Å²) in [6.45, 7) is 18.5. The lowest BCUT2D eigenvalue weighted by molar-refractivity contribution is 0.0401. The van der Waals surface area contributed by atoms with Crippen molar-refractivity contribution in [2.75, 3.05) is 5.33 Å². The molecule has 0 aliphatic heterocycles. The Hall–Kier alpha value is 1.05. The number of hydrogen-bond donors (Lipinski definition) is 1. The van der Waals surface area contributed by atoms with E-state index in [1.54, 1.807) is 0 Å². The SMILES string of the molecule is CC(C)(C)[Si](C)(C)O[C@@H]1C/C(=C(/Br)[Si](C)(C)C)[C@H](CBr)[C@@H](O)C1. The predicted octanol–water partition coefficient (Wildman–Crippen LogP) is 6.07. The normalized spacial score (nSPS) is 29.6. The fraction of sp³-hybridized carbons (Fsp3) is 0.882. The van der Waals surface area contributed by atoms with Crippen molar-refractivity contribution in [3.63, 3.8) is 0 Å². The van der Waals surface area contributed by atoms with Gasteiger partial charge in [0, 0.05) is 11.2 Å². The third-order valence-electron chi connectivity index (χ3n) is 5.24. The monoisotopic (exact) mass is 484 g/mol. The first-order valence-electron chi connectivity index (χ1n) is 8.51. The maximum absolute atomic E-state index is 10.7. The first-order chi connectivity index (χ1) is 10.2. The van der Waals surface area contributed by atoms with Gasteiger partial charge in [-0.1, -0.05) is 77.8 Å². The van der Waals surface area contributed by atoms with Gasteiger partial charge in [-0.15, -0.1) is 0 Å². The third kappa shape index (κ3) is 5.51. The summed E-state index contributed by atoms with van der Waals surface area (Å²) in [6, 6.07) is 0. The predicted molar refractivity (Wildman–Crippen MR) is 114 cm³/mol. The molecule has 0 aromatic heterocycles. The summed E-state index contributed by atoms with van der Waals surface area (Å²) in [5.41, 5.74) is 1.38. The average molecular weight is 486 g/mol. The molecular weight excluding hydrogens is 452 g/mol. The summed E-state index contributed by atoms with van der Waals surface area (Å²) in [4.78, 5) is 0. The molecule has 0 spiro atoms.